The van der Waals surface area contributed by atoms with Crippen LogP contribution >= 0.6 is 23.5 Å². The van der Waals surface area contributed by atoms with Crippen molar-refractivity contribution >= 4 is 45.5 Å². The van der Waals surface area contributed by atoms with Crippen molar-refractivity contribution in [2.75, 3.05) is 12.3 Å². The van der Waals surface area contributed by atoms with Crippen LogP contribution in [0.25, 0.3) is 0 Å². The van der Waals surface area contributed by atoms with Crippen LogP contribution in [0.3, 0.4) is 0 Å². The molecule has 3 rings (SSSR count). The van der Waals surface area contributed by atoms with E-state index in [2.05, 4.69) is 21.9 Å². The maximum atomic E-state index is 12.3. The molecule has 5 nitrogen and oxygen atoms in total. The molecule has 22 heavy (non-hydrogen) atoms. The van der Waals surface area contributed by atoms with E-state index in [9.17, 15) is 9.59 Å². The number of fused-ring (bicyclic) bond motifs is 2. The van der Waals surface area contributed by atoms with Gasteiger partial charge in [0.15, 0.2) is 5.17 Å². The number of carbonyl (C=O) groups is 2. The lowest BCUT2D eigenvalue weighted by Crippen LogP contribution is -2.27. The minimum atomic E-state index is -0.237. The molecule has 2 aliphatic heterocycles. The van der Waals surface area contributed by atoms with Crippen LogP contribution < -0.4 is 5.32 Å². The van der Waals surface area contributed by atoms with Gasteiger partial charge in [-0.2, -0.15) is 4.99 Å². The largest absolute Gasteiger partial charge is 0.352 e. The average Bonchev–Trinajstić information content (AvgIpc) is 2.89. The van der Waals surface area contributed by atoms with Gasteiger partial charge in [-0.15, -0.1) is 6.58 Å². The summed E-state index contributed by atoms with van der Waals surface area (Å²) >= 11 is 2.84. The van der Waals surface area contributed by atoms with E-state index in [1.807, 2.05) is 0 Å². The Kier molecular flexibility index (Phi) is 4.83. The van der Waals surface area contributed by atoms with Gasteiger partial charge in [-0.25, -0.2) is 4.99 Å². The third-order valence-electron chi connectivity index (χ3n) is 3.72. The molecule has 0 radical (unpaired) electrons. The Hall–Kier alpha value is -1.34. The molecular formula is C15H17N3O2S2. The minimum Gasteiger partial charge on any atom is -0.352 e. The summed E-state index contributed by atoms with van der Waals surface area (Å²) in [5, 5.41) is 3.94. The Bertz CT molecular complexity index is 622. The zero-order valence-corrected chi connectivity index (χ0v) is 13.8. The van der Waals surface area contributed by atoms with Crippen LogP contribution in [-0.4, -0.2) is 34.3 Å². The third kappa shape index (κ3) is 3.20. The number of hydrogen-bond donors (Lipinski definition) is 1. The van der Waals surface area contributed by atoms with E-state index in [-0.39, 0.29) is 23.5 Å². The highest BCUT2D eigenvalue weighted by molar-refractivity contribution is 8.18. The van der Waals surface area contributed by atoms with Gasteiger partial charge >= 0.3 is 0 Å². The monoisotopic (exact) mass is 335 g/mol. The lowest BCUT2D eigenvalue weighted by atomic mass is 9.89. The van der Waals surface area contributed by atoms with Crippen molar-refractivity contribution in [2.24, 2.45) is 15.9 Å². The molecule has 0 saturated heterocycles. The summed E-state index contributed by atoms with van der Waals surface area (Å²) in [6, 6.07) is 0. The van der Waals surface area contributed by atoms with E-state index >= 15 is 0 Å². The summed E-state index contributed by atoms with van der Waals surface area (Å²) in [6.07, 6.45) is 5.99. The zero-order chi connectivity index (χ0) is 15.5. The predicted octanol–water partition coefficient (Wildman–Crippen LogP) is 2.51. The van der Waals surface area contributed by atoms with E-state index in [1.165, 1.54) is 28.7 Å². The highest BCUT2D eigenvalue weighted by Crippen LogP contribution is 2.47. The second-order valence-corrected chi connectivity index (χ2v) is 7.31. The summed E-state index contributed by atoms with van der Waals surface area (Å²) in [5.74, 6) is -0.268. The van der Waals surface area contributed by atoms with Gasteiger partial charge in [0.2, 0.25) is 5.91 Å². The van der Waals surface area contributed by atoms with Crippen molar-refractivity contribution in [2.45, 2.75) is 25.7 Å². The second kappa shape index (κ2) is 6.83. The summed E-state index contributed by atoms with van der Waals surface area (Å²) in [4.78, 5) is 33.8. The van der Waals surface area contributed by atoms with Crippen molar-refractivity contribution < 1.29 is 9.59 Å². The van der Waals surface area contributed by atoms with Crippen molar-refractivity contribution in [1.82, 2.24) is 5.32 Å². The van der Waals surface area contributed by atoms with Gasteiger partial charge in [0.25, 0.3) is 5.91 Å². The van der Waals surface area contributed by atoms with E-state index in [0.717, 1.165) is 24.3 Å². The molecule has 1 N–H and O–H groups in total. The van der Waals surface area contributed by atoms with E-state index < -0.39 is 0 Å². The van der Waals surface area contributed by atoms with E-state index in [1.54, 1.807) is 17.8 Å². The summed E-state index contributed by atoms with van der Waals surface area (Å²) in [7, 11) is 0. The molecule has 2 amide bonds. The topological polar surface area (TPSA) is 70.9 Å². The summed E-state index contributed by atoms with van der Waals surface area (Å²) in [5.41, 5.74) is 1.23. The molecular weight excluding hydrogens is 318 g/mol. The van der Waals surface area contributed by atoms with Crippen LogP contribution in [0.5, 0.6) is 0 Å². The first-order chi connectivity index (χ1) is 10.7. The van der Waals surface area contributed by atoms with Crippen LogP contribution in [-0.2, 0) is 9.59 Å². The highest BCUT2D eigenvalue weighted by Gasteiger charge is 2.40. The molecule has 1 aliphatic carbocycles. The minimum absolute atomic E-state index is 0.112. The highest BCUT2D eigenvalue weighted by atomic mass is 32.2. The van der Waals surface area contributed by atoms with Gasteiger partial charge in [-0.3, -0.25) is 9.59 Å². The summed E-state index contributed by atoms with van der Waals surface area (Å²) in [6.45, 7) is 3.98. The van der Waals surface area contributed by atoms with Gasteiger partial charge in [0.05, 0.1) is 10.8 Å². The lowest BCUT2D eigenvalue weighted by molar-refractivity contribution is -0.119. The van der Waals surface area contributed by atoms with E-state index in [0.29, 0.717) is 11.7 Å². The normalized spacial score (nSPS) is 23.5. The molecule has 7 heteroatoms. The SMILES string of the molecule is C=CCNC(=O)CSC1=NC(=O)C2C(=N1)SC1=C2CCCC1. The first-order valence-corrected chi connectivity index (χ1v) is 9.10. The molecule has 0 saturated carbocycles. The molecule has 0 spiro atoms. The molecule has 2 heterocycles. The molecule has 0 aromatic carbocycles. The molecule has 0 fully saturated rings. The van der Waals surface area contributed by atoms with Crippen LogP contribution in [0.15, 0.2) is 33.1 Å². The Balaban J connectivity index is 1.64. The fourth-order valence-corrected chi connectivity index (χ4v) is 4.79. The molecule has 1 atom stereocenters. The van der Waals surface area contributed by atoms with Crippen molar-refractivity contribution in [1.29, 1.82) is 0 Å². The van der Waals surface area contributed by atoms with Gasteiger partial charge < -0.3 is 5.32 Å². The lowest BCUT2D eigenvalue weighted by Gasteiger charge is -2.18. The number of hydrogen-bond acceptors (Lipinski definition) is 5. The fourth-order valence-electron chi connectivity index (χ4n) is 2.71. The van der Waals surface area contributed by atoms with Gasteiger partial charge in [0, 0.05) is 6.54 Å². The van der Waals surface area contributed by atoms with E-state index in [4.69, 9.17) is 0 Å². The first-order valence-electron chi connectivity index (χ1n) is 7.30. The average molecular weight is 335 g/mol. The fraction of sp³-hybridized carbons (Fsp3) is 0.467. The molecule has 1 unspecified atom stereocenters. The quantitative estimate of drug-likeness (QED) is 0.801. The number of aliphatic imine (C=N–C) groups is 2. The second-order valence-electron chi connectivity index (χ2n) is 5.25. The first kappa shape index (κ1) is 15.6. The van der Waals surface area contributed by atoms with Gasteiger partial charge in [-0.05, 0) is 36.2 Å². The number of nitrogens with one attached hydrogen (secondary N) is 1. The van der Waals surface area contributed by atoms with Gasteiger partial charge in [0.1, 0.15) is 5.92 Å². The third-order valence-corrected chi connectivity index (χ3v) is 5.81. The van der Waals surface area contributed by atoms with Crippen molar-refractivity contribution in [3.63, 3.8) is 0 Å². The number of rotatable bonds is 4. The standard InChI is InChI=1S/C15H17N3O2S2/c1-2-7-16-11(19)8-21-15-17-13(20)12-9-5-3-4-6-10(9)22-14(12)18-15/h2,12H,1,3-8H2,(H,16,19). The predicted molar refractivity (Wildman–Crippen MR) is 92.1 cm³/mol. The number of carbonyl (C=O) groups excluding carboxylic acids is 2. The number of allylic oxidation sites excluding steroid dienone is 1. The molecule has 3 aliphatic rings. The van der Waals surface area contributed by atoms with Crippen molar-refractivity contribution in [3.05, 3.63) is 23.1 Å². The number of nitrogens with zero attached hydrogens (tertiary/aromatic N) is 2. The number of amidine groups is 1. The number of thioether (sulfide) groups is 2. The maximum absolute atomic E-state index is 12.3. The molecule has 0 bridgehead atoms. The Labute approximate surface area is 137 Å². The van der Waals surface area contributed by atoms with Crippen LogP contribution in [0.2, 0.25) is 0 Å². The van der Waals surface area contributed by atoms with Crippen molar-refractivity contribution in [3.8, 4) is 0 Å². The summed E-state index contributed by atoms with van der Waals surface area (Å²) < 4.78 is 0. The van der Waals surface area contributed by atoms with Gasteiger partial charge in [-0.1, -0.05) is 29.6 Å². The Morgan fingerprint density at radius 1 is 1.41 bits per heavy atom. The molecule has 0 aromatic rings. The Morgan fingerprint density at radius 3 is 3.05 bits per heavy atom. The zero-order valence-electron chi connectivity index (χ0n) is 12.1. The number of amides is 2. The Morgan fingerprint density at radius 2 is 2.23 bits per heavy atom. The molecule has 116 valence electrons. The van der Waals surface area contributed by atoms with Crippen LogP contribution in [0, 0.1) is 5.92 Å². The van der Waals surface area contributed by atoms with Crippen LogP contribution in [0.1, 0.15) is 25.7 Å². The maximum Gasteiger partial charge on any atom is 0.262 e. The smallest absolute Gasteiger partial charge is 0.262 e. The van der Waals surface area contributed by atoms with Crippen LogP contribution in [0.4, 0.5) is 0 Å². The molecule has 0 aromatic heterocycles.